The van der Waals surface area contributed by atoms with Crippen LogP contribution in [0.1, 0.15) is 55.8 Å². The molecule has 1 aromatic carbocycles. The Morgan fingerprint density at radius 2 is 1.94 bits per heavy atom. The molecule has 0 aliphatic heterocycles. The lowest BCUT2D eigenvalue weighted by Gasteiger charge is -2.19. The fourth-order valence-electron chi connectivity index (χ4n) is 2.35. The van der Waals surface area contributed by atoms with Crippen LogP contribution in [0.3, 0.4) is 0 Å². The van der Waals surface area contributed by atoms with Crippen molar-refractivity contribution in [1.82, 2.24) is 0 Å². The van der Waals surface area contributed by atoms with Gasteiger partial charge in [0.05, 0.1) is 0 Å². The van der Waals surface area contributed by atoms with Crippen molar-refractivity contribution in [3.05, 3.63) is 34.9 Å². The topological polar surface area (TPSA) is 26.0 Å². The summed E-state index contributed by atoms with van der Waals surface area (Å²) in [5, 5.41) is 0. The summed E-state index contributed by atoms with van der Waals surface area (Å²) in [7, 11) is 0. The number of rotatable bonds is 5. The maximum Gasteiger partial charge on any atom is 0.0300 e. The van der Waals surface area contributed by atoms with E-state index in [0.29, 0.717) is 0 Å². The van der Waals surface area contributed by atoms with Gasteiger partial charge in [0, 0.05) is 6.04 Å². The van der Waals surface area contributed by atoms with Crippen LogP contribution in [0.15, 0.2) is 18.2 Å². The van der Waals surface area contributed by atoms with E-state index in [-0.39, 0.29) is 6.04 Å². The average Bonchev–Trinajstić information content (AvgIpc) is 2.22. The van der Waals surface area contributed by atoms with Gasteiger partial charge in [-0.15, -0.1) is 0 Å². The van der Waals surface area contributed by atoms with E-state index in [1.807, 2.05) is 0 Å². The molecule has 1 rings (SSSR count). The summed E-state index contributed by atoms with van der Waals surface area (Å²) in [6.45, 7) is 8.87. The molecule has 0 spiro atoms. The largest absolute Gasteiger partial charge is 0.324 e. The van der Waals surface area contributed by atoms with E-state index in [1.165, 1.54) is 29.5 Å². The minimum atomic E-state index is 0.196. The molecule has 0 heterocycles. The molecule has 0 radical (unpaired) electrons. The van der Waals surface area contributed by atoms with Crippen LogP contribution in [-0.4, -0.2) is 0 Å². The lowest BCUT2D eigenvalue weighted by atomic mass is 9.90. The molecule has 0 fully saturated rings. The molecule has 16 heavy (non-hydrogen) atoms. The third kappa shape index (κ3) is 3.34. The summed E-state index contributed by atoms with van der Waals surface area (Å²) in [5.41, 5.74) is 10.3. The van der Waals surface area contributed by atoms with E-state index in [0.717, 1.165) is 12.3 Å². The van der Waals surface area contributed by atoms with E-state index in [2.05, 4.69) is 45.9 Å². The number of nitrogens with two attached hydrogens (primary N) is 1. The van der Waals surface area contributed by atoms with Crippen LogP contribution in [-0.2, 0) is 0 Å². The van der Waals surface area contributed by atoms with Gasteiger partial charge >= 0.3 is 0 Å². The van der Waals surface area contributed by atoms with Crippen LogP contribution >= 0.6 is 0 Å². The van der Waals surface area contributed by atoms with Gasteiger partial charge in [0.2, 0.25) is 0 Å². The molecule has 1 aromatic rings. The molecule has 0 aromatic heterocycles. The van der Waals surface area contributed by atoms with Gasteiger partial charge in [-0.1, -0.05) is 44.9 Å². The Morgan fingerprint density at radius 1 is 1.25 bits per heavy atom. The monoisotopic (exact) mass is 219 g/mol. The summed E-state index contributed by atoms with van der Waals surface area (Å²) in [6, 6.07) is 6.63. The Labute approximate surface area is 100 Å². The standard InChI is InChI=1S/C15H25N/c1-5-7-11(2)10-15(16)14-9-6-8-12(3)13(14)4/h6,8-9,11,15H,5,7,10,16H2,1-4H3. The minimum Gasteiger partial charge on any atom is -0.324 e. The fourth-order valence-corrected chi connectivity index (χ4v) is 2.35. The molecular weight excluding hydrogens is 194 g/mol. The zero-order valence-electron chi connectivity index (χ0n) is 11.1. The summed E-state index contributed by atoms with van der Waals surface area (Å²) in [4.78, 5) is 0. The third-order valence-corrected chi connectivity index (χ3v) is 3.48. The van der Waals surface area contributed by atoms with E-state index < -0.39 is 0 Å². The predicted octanol–water partition coefficient (Wildman–Crippen LogP) is 4.13. The van der Waals surface area contributed by atoms with Crippen LogP contribution in [0.5, 0.6) is 0 Å². The van der Waals surface area contributed by atoms with Crippen LogP contribution in [0.25, 0.3) is 0 Å². The molecule has 0 bridgehead atoms. The Balaban J connectivity index is 2.72. The highest BCUT2D eigenvalue weighted by Gasteiger charge is 2.13. The first-order chi connectivity index (χ1) is 7.56. The second kappa shape index (κ2) is 6.05. The average molecular weight is 219 g/mol. The second-order valence-electron chi connectivity index (χ2n) is 5.03. The van der Waals surface area contributed by atoms with Gasteiger partial charge in [-0.3, -0.25) is 0 Å². The van der Waals surface area contributed by atoms with E-state index >= 15 is 0 Å². The smallest absolute Gasteiger partial charge is 0.0300 e. The number of aryl methyl sites for hydroxylation is 1. The summed E-state index contributed by atoms with van der Waals surface area (Å²) < 4.78 is 0. The molecule has 0 aliphatic rings. The minimum absolute atomic E-state index is 0.196. The maximum atomic E-state index is 6.30. The highest BCUT2D eigenvalue weighted by Crippen LogP contribution is 2.25. The molecule has 90 valence electrons. The Bertz CT molecular complexity index is 330. The Kier molecular flexibility index (Phi) is 5.01. The van der Waals surface area contributed by atoms with Crippen LogP contribution < -0.4 is 5.73 Å². The van der Waals surface area contributed by atoms with Gasteiger partial charge in [-0.05, 0) is 42.9 Å². The number of benzene rings is 1. The van der Waals surface area contributed by atoms with Crippen molar-refractivity contribution >= 4 is 0 Å². The highest BCUT2D eigenvalue weighted by molar-refractivity contribution is 5.35. The normalized spacial score (nSPS) is 14.8. The molecule has 0 saturated carbocycles. The molecule has 1 heteroatoms. The van der Waals surface area contributed by atoms with E-state index in [9.17, 15) is 0 Å². The second-order valence-corrected chi connectivity index (χ2v) is 5.03. The number of hydrogen-bond acceptors (Lipinski definition) is 1. The maximum absolute atomic E-state index is 6.30. The van der Waals surface area contributed by atoms with Crippen molar-refractivity contribution < 1.29 is 0 Å². The summed E-state index contributed by atoms with van der Waals surface area (Å²) in [5.74, 6) is 0.722. The van der Waals surface area contributed by atoms with Gasteiger partial charge < -0.3 is 5.73 Å². The van der Waals surface area contributed by atoms with Crippen LogP contribution in [0, 0.1) is 19.8 Å². The van der Waals surface area contributed by atoms with E-state index in [1.54, 1.807) is 0 Å². The van der Waals surface area contributed by atoms with Crippen molar-refractivity contribution in [1.29, 1.82) is 0 Å². The fraction of sp³-hybridized carbons (Fsp3) is 0.600. The summed E-state index contributed by atoms with van der Waals surface area (Å²) >= 11 is 0. The molecule has 1 nitrogen and oxygen atoms in total. The zero-order valence-corrected chi connectivity index (χ0v) is 11.1. The van der Waals surface area contributed by atoms with Crippen molar-refractivity contribution in [2.24, 2.45) is 11.7 Å². The van der Waals surface area contributed by atoms with Crippen LogP contribution in [0.4, 0.5) is 0 Å². The molecule has 0 aliphatic carbocycles. The molecular formula is C15H25N. The predicted molar refractivity (Wildman–Crippen MR) is 71.5 cm³/mol. The zero-order chi connectivity index (χ0) is 12.1. The van der Waals surface area contributed by atoms with Gasteiger partial charge in [0.25, 0.3) is 0 Å². The van der Waals surface area contributed by atoms with Crippen LogP contribution in [0.2, 0.25) is 0 Å². The molecule has 2 unspecified atom stereocenters. The van der Waals surface area contributed by atoms with Gasteiger partial charge in [-0.25, -0.2) is 0 Å². The quantitative estimate of drug-likeness (QED) is 0.791. The lowest BCUT2D eigenvalue weighted by Crippen LogP contribution is -2.15. The highest BCUT2D eigenvalue weighted by atomic mass is 14.6. The first-order valence-electron chi connectivity index (χ1n) is 6.38. The van der Waals surface area contributed by atoms with Gasteiger partial charge in [0.1, 0.15) is 0 Å². The first-order valence-corrected chi connectivity index (χ1v) is 6.38. The molecule has 0 saturated heterocycles. The Morgan fingerprint density at radius 3 is 2.56 bits per heavy atom. The van der Waals surface area contributed by atoms with Crippen molar-refractivity contribution in [2.75, 3.05) is 0 Å². The van der Waals surface area contributed by atoms with Gasteiger partial charge in [0.15, 0.2) is 0 Å². The lowest BCUT2D eigenvalue weighted by molar-refractivity contribution is 0.439. The van der Waals surface area contributed by atoms with E-state index in [4.69, 9.17) is 5.73 Å². The third-order valence-electron chi connectivity index (χ3n) is 3.48. The Hall–Kier alpha value is -0.820. The van der Waals surface area contributed by atoms with Crippen molar-refractivity contribution in [3.63, 3.8) is 0 Å². The molecule has 0 amide bonds. The summed E-state index contributed by atoms with van der Waals surface area (Å²) in [6.07, 6.45) is 3.62. The number of hydrogen-bond donors (Lipinski definition) is 1. The first kappa shape index (κ1) is 13.2. The van der Waals surface area contributed by atoms with Crippen molar-refractivity contribution in [2.45, 2.75) is 53.0 Å². The van der Waals surface area contributed by atoms with Gasteiger partial charge in [-0.2, -0.15) is 0 Å². The molecule has 2 atom stereocenters. The molecule has 2 N–H and O–H groups in total. The van der Waals surface area contributed by atoms with Crippen molar-refractivity contribution in [3.8, 4) is 0 Å². The SMILES string of the molecule is CCCC(C)CC(N)c1cccc(C)c1C.